The highest BCUT2D eigenvalue weighted by molar-refractivity contribution is 9.10. The first-order chi connectivity index (χ1) is 15.8. The number of nitrogens with zero attached hydrogens (tertiary/aromatic N) is 2. The van der Waals surface area contributed by atoms with Crippen LogP contribution in [0.25, 0.3) is 16.0 Å². The smallest absolute Gasteiger partial charge is 0.301 e. The molecule has 0 aliphatic carbocycles. The normalized spacial score (nSPS) is 17.8. The summed E-state index contributed by atoms with van der Waals surface area (Å²) in [7, 11) is 0. The molecule has 1 aliphatic rings. The van der Waals surface area contributed by atoms with Crippen molar-refractivity contribution in [1.82, 2.24) is 4.98 Å². The van der Waals surface area contributed by atoms with E-state index in [1.54, 1.807) is 12.1 Å². The van der Waals surface area contributed by atoms with Crippen LogP contribution in [0.4, 0.5) is 5.13 Å². The van der Waals surface area contributed by atoms with Gasteiger partial charge in [0.1, 0.15) is 5.76 Å². The zero-order valence-electron chi connectivity index (χ0n) is 17.3. The number of thiazole rings is 1. The molecule has 1 atom stereocenters. The number of amides is 1. The summed E-state index contributed by atoms with van der Waals surface area (Å²) in [5.74, 6) is -1.65. The summed E-state index contributed by atoms with van der Waals surface area (Å²) in [6.45, 7) is 1.94. The molecule has 1 amide bonds. The Labute approximate surface area is 210 Å². The van der Waals surface area contributed by atoms with Crippen molar-refractivity contribution in [3.05, 3.63) is 97.9 Å². The molecular formula is C25H16Br2N2O3S. The van der Waals surface area contributed by atoms with Crippen molar-refractivity contribution >= 4 is 76.0 Å². The molecule has 3 aromatic carbocycles. The van der Waals surface area contributed by atoms with Crippen molar-refractivity contribution in [2.24, 2.45) is 0 Å². The predicted octanol–water partition coefficient (Wildman–Crippen LogP) is 6.76. The molecule has 5 nitrogen and oxygen atoms in total. The molecule has 0 saturated carbocycles. The van der Waals surface area contributed by atoms with E-state index in [2.05, 4.69) is 36.8 Å². The van der Waals surface area contributed by atoms with Gasteiger partial charge in [0.05, 0.1) is 21.8 Å². The highest BCUT2D eigenvalue weighted by Gasteiger charge is 2.48. The van der Waals surface area contributed by atoms with E-state index in [9.17, 15) is 14.7 Å². The number of aliphatic hydroxyl groups is 1. The van der Waals surface area contributed by atoms with Crippen LogP contribution in [0, 0.1) is 6.92 Å². The van der Waals surface area contributed by atoms with E-state index >= 15 is 0 Å². The van der Waals surface area contributed by atoms with Crippen molar-refractivity contribution in [1.29, 1.82) is 0 Å². The number of anilines is 1. The van der Waals surface area contributed by atoms with Crippen molar-refractivity contribution < 1.29 is 14.7 Å². The Hall–Kier alpha value is -2.81. The minimum absolute atomic E-state index is 0.0478. The van der Waals surface area contributed by atoms with Crippen LogP contribution in [0.5, 0.6) is 0 Å². The number of Topliss-reactive ketones (excluding diaryl/α,β-unsaturated/α-hetero) is 1. The molecule has 1 N–H and O–H groups in total. The summed E-state index contributed by atoms with van der Waals surface area (Å²) in [5.41, 5.74) is 2.98. The molecule has 164 valence electrons. The number of aromatic nitrogens is 1. The first-order valence-corrected chi connectivity index (χ1v) is 12.4. The van der Waals surface area contributed by atoms with Gasteiger partial charge in [-0.05, 0) is 42.8 Å². The zero-order chi connectivity index (χ0) is 23.3. The van der Waals surface area contributed by atoms with Gasteiger partial charge in [-0.3, -0.25) is 14.5 Å². The van der Waals surface area contributed by atoms with Crippen molar-refractivity contribution in [3.8, 4) is 0 Å². The third-order valence-corrected chi connectivity index (χ3v) is 7.54. The number of aryl methyl sites for hydroxylation is 1. The van der Waals surface area contributed by atoms with E-state index in [1.807, 2.05) is 61.5 Å². The van der Waals surface area contributed by atoms with E-state index in [4.69, 9.17) is 0 Å². The molecule has 4 aromatic rings. The van der Waals surface area contributed by atoms with Crippen LogP contribution in [0.3, 0.4) is 0 Å². The number of fused-ring (bicyclic) bond motifs is 1. The number of hydrogen-bond donors (Lipinski definition) is 1. The van der Waals surface area contributed by atoms with Crippen LogP contribution in [-0.4, -0.2) is 21.8 Å². The van der Waals surface area contributed by atoms with E-state index in [0.717, 1.165) is 24.7 Å². The lowest BCUT2D eigenvalue weighted by atomic mass is 9.95. The van der Waals surface area contributed by atoms with E-state index in [0.29, 0.717) is 16.3 Å². The molecule has 2 heterocycles. The second kappa shape index (κ2) is 8.52. The van der Waals surface area contributed by atoms with Gasteiger partial charge in [-0.15, -0.1) is 0 Å². The molecule has 1 fully saturated rings. The molecule has 5 rings (SSSR count). The first kappa shape index (κ1) is 22.0. The maximum Gasteiger partial charge on any atom is 0.301 e. The van der Waals surface area contributed by atoms with Gasteiger partial charge < -0.3 is 5.11 Å². The quantitative estimate of drug-likeness (QED) is 0.164. The second-order valence-corrected chi connectivity index (χ2v) is 10.5. The lowest BCUT2D eigenvalue weighted by Gasteiger charge is -2.23. The highest BCUT2D eigenvalue weighted by Crippen LogP contribution is 2.44. The Balaban J connectivity index is 1.73. The van der Waals surface area contributed by atoms with Gasteiger partial charge in [-0.25, -0.2) is 4.98 Å². The molecule has 0 unspecified atom stereocenters. The molecule has 0 bridgehead atoms. The Morgan fingerprint density at radius 3 is 2.33 bits per heavy atom. The molecule has 33 heavy (non-hydrogen) atoms. The monoisotopic (exact) mass is 582 g/mol. The summed E-state index contributed by atoms with van der Waals surface area (Å²) >= 11 is 8.22. The van der Waals surface area contributed by atoms with Crippen LogP contribution < -0.4 is 4.90 Å². The fourth-order valence-corrected chi connectivity index (χ4v) is 5.66. The molecular weight excluding hydrogens is 568 g/mol. The second-order valence-electron chi connectivity index (χ2n) is 7.70. The fraction of sp³-hybridized carbons (Fsp3) is 0.0800. The number of carbonyl (C=O) groups is 2. The van der Waals surface area contributed by atoms with E-state index in [1.165, 1.54) is 16.2 Å². The maximum absolute atomic E-state index is 13.3. The zero-order valence-corrected chi connectivity index (χ0v) is 21.2. The van der Waals surface area contributed by atoms with Gasteiger partial charge in [0.2, 0.25) is 0 Å². The van der Waals surface area contributed by atoms with Gasteiger partial charge >= 0.3 is 5.91 Å². The van der Waals surface area contributed by atoms with Crippen molar-refractivity contribution in [2.45, 2.75) is 13.0 Å². The van der Waals surface area contributed by atoms with Crippen molar-refractivity contribution in [2.75, 3.05) is 4.90 Å². The lowest BCUT2D eigenvalue weighted by Crippen LogP contribution is -2.29. The molecule has 1 aliphatic heterocycles. The maximum atomic E-state index is 13.3. The van der Waals surface area contributed by atoms with Gasteiger partial charge in [0.15, 0.2) is 5.13 Å². The van der Waals surface area contributed by atoms with Crippen LogP contribution in [-0.2, 0) is 9.59 Å². The Kier molecular flexibility index (Phi) is 5.68. The average Bonchev–Trinajstić information content (AvgIpc) is 3.32. The highest BCUT2D eigenvalue weighted by atomic mass is 79.9. The van der Waals surface area contributed by atoms with Crippen molar-refractivity contribution in [3.63, 3.8) is 0 Å². The summed E-state index contributed by atoms with van der Waals surface area (Å²) < 4.78 is 2.65. The Morgan fingerprint density at radius 2 is 1.64 bits per heavy atom. The number of rotatable bonds is 3. The topological polar surface area (TPSA) is 70.5 Å². The number of ketones is 1. The van der Waals surface area contributed by atoms with Gasteiger partial charge in [0, 0.05) is 14.5 Å². The Morgan fingerprint density at radius 1 is 0.970 bits per heavy atom. The molecule has 1 aromatic heterocycles. The Bertz CT molecular complexity index is 1440. The summed E-state index contributed by atoms with van der Waals surface area (Å²) in [6.07, 6.45) is 0. The predicted molar refractivity (Wildman–Crippen MR) is 137 cm³/mol. The van der Waals surface area contributed by atoms with Crippen LogP contribution in [0.1, 0.15) is 22.7 Å². The SMILES string of the molecule is Cc1ccc(C(O)=C2C(=O)C(=O)N(c3nc4ccc(Br)cc4s3)[C@H]2c2ccc(Br)cc2)cc1. The standard InChI is InChI=1S/C25H16Br2N2O3S/c1-13-2-4-15(5-3-13)22(30)20-21(14-6-8-16(26)9-7-14)29(24(32)23(20)31)25-28-18-11-10-17(27)12-19(18)33-25/h2-12,21,30H,1H3/t21-/m0/s1. The minimum Gasteiger partial charge on any atom is -0.507 e. The average molecular weight is 584 g/mol. The first-order valence-electron chi connectivity index (χ1n) is 10.0. The van der Waals surface area contributed by atoms with E-state index < -0.39 is 17.7 Å². The summed E-state index contributed by atoms with van der Waals surface area (Å²) in [5, 5.41) is 11.6. The van der Waals surface area contributed by atoms with Gasteiger partial charge in [-0.1, -0.05) is 85.2 Å². The van der Waals surface area contributed by atoms with Crippen LogP contribution in [0.15, 0.2) is 81.2 Å². The molecule has 1 saturated heterocycles. The summed E-state index contributed by atoms with van der Waals surface area (Å²) in [4.78, 5) is 32.5. The third-order valence-electron chi connectivity index (χ3n) is 5.50. The van der Waals surface area contributed by atoms with Crippen LogP contribution in [0.2, 0.25) is 0 Å². The third kappa shape index (κ3) is 3.92. The van der Waals surface area contributed by atoms with E-state index in [-0.39, 0.29) is 11.3 Å². The van der Waals surface area contributed by atoms with Crippen LogP contribution >= 0.6 is 43.2 Å². The number of aliphatic hydroxyl groups excluding tert-OH is 1. The number of halogens is 2. The lowest BCUT2D eigenvalue weighted by molar-refractivity contribution is -0.132. The minimum atomic E-state index is -0.802. The number of hydrogen-bond acceptors (Lipinski definition) is 5. The van der Waals surface area contributed by atoms with Gasteiger partial charge in [0.25, 0.3) is 5.78 Å². The summed E-state index contributed by atoms with van der Waals surface area (Å²) in [6, 6.07) is 19.4. The largest absolute Gasteiger partial charge is 0.507 e. The molecule has 0 spiro atoms. The fourth-order valence-electron chi connectivity index (χ4n) is 3.85. The van der Waals surface area contributed by atoms with Gasteiger partial charge in [-0.2, -0.15) is 0 Å². The molecule has 8 heteroatoms. The number of benzene rings is 3. The molecule has 0 radical (unpaired) electrons. The number of carbonyl (C=O) groups excluding carboxylic acids is 2.